The zero-order valence-corrected chi connectivity index (χ0v) is 8.75. The molecule has 0 atom stereocenters. The molecule has 1 N–H and O–H groups in total. The first-order chi connectivity index (χ1) is 6.49. The highest BCUT2D eigenvalue weighted by Crippen LogP contribution is 2.10. The molecule has 14 heavy (non-hydrogen) atoms. The topological polar surface area (TPSA) is 63.1 Å². The van der Waals surface area contributed by atoms with Crippen LogP contribution in [0, 0.1) is 5.92 Å². The van der Waals surface area contributed by atoms with Crippen molar-refractivity contribution >= 4 is 17.6 Å². The van der Waals surface area contributed by atoms with Gasteiger partial charge in [-0.1, -0.05) is 25.4 Å². The van der Waals surface area contributed by atoms with E-state index in [1.54, 1.807) is 0 Å². The monoisotopic (exact) mass is 214 g/mol. The van der Waals surface area contributed by atoms with Gasteiger partial charge in [-0.3, -0.25) is 0 Å². The average molecular weight is 215 g/mol. The molecule has 0 amide bonds. The van der Waals surface area contributed by atoms with Crippen LogP contribution in [-0.4, -0.2) is 21.0 Å². The van der Waals surface area contributed by atoms with Gasteiger partial charge >= 0.3 is 5.97 Å². The summed E-state index contributed by atoms with van der Waals surface area (Å²) in [6, 6.07) is 1.24. The van der Waals surface area contributed by atoms with E-state index in [2.05, 4.69) is 9.97 Å². The lowest BCUT2D eigenvalue weighted by Crippen LogP contribution is -2.07. The van der Waals surface area contributed by atoms with Gasteiger partial charge in [0.1, 0.15) is 11.0 Å². The molecule has 0 unspecified atom stereocenters. The molecule has 0 spiro atoms. The van der Waals surface area contributed by atoms with Crippen LogP contribution >= 0.6 is 11.6 Å². The number of aromatic carboxylic acids is 1. The minimum Gasteiger partial charge on any atom is -0.477 e. The van der Waals surface area contributed by atoms with Gasteiger partial charge in [0, 0.05) is 12.5 Å². The van der Waals surface area contributed by atoms with E-state index >= 15 is 0 Å². The molecule has 0 bridgehead atoms. The van der Waals surface area contributed by atoms with Crippen molar-refractivity contribution in [3.05, 3.63) is 22.7 Å². The molecule has 0 radical (unpaired) electrons. The van der Waals surface area contributed by atoms with Crippen molar-refractivity contribution in [3.63, 3.8) is 0 Å². The Balaban J connectivity index is 3.01. The highest BCUT2D eigenvalue weighted by atomic mass is 35.5. The summed E-state index contributed by atoms with van der Waals surface area (Å²) < 4.78 is 0. The van der Waals surface area contributed by atoms with Crippen LogP contribution in [0.15, 0.2) is 6.07 Å². The molecule has 4 nitrogen and oxygen atoms in total. The number of halogens is 1. The Bertz CT molecular complexity index is 353. The molecule has 1 rings (SSSR count). The molecule has 0 saturated heterocycles. The first-order valence-electron chi connectivity index (χ1n) is 4.25. The van der Waals surface area contributed by atoms with E-state index in [4.69, 9.17) is 16.7 Å². The summed E-state index contributed by atoms with van der Waals surface area (Å²) in [5.41, 5.74) is -0.0550. The van der Waals surface area contributed by atoms with E-state index in [1.807, 2.05) is 13.8 Å². The maximum Gasteiger partial charge on any atom is 0.354 e. The van der Waals surface area contributed by atoms with Gasteiger partial charge in [-0.15, -0.1) is 0 Å². The molecule has 0 fully saturated rings. The van der Waals surface area contributed by atoms with Crippen LogP contribution < -0.4 is 0 Å². The molecular weight excluding hydrogens is 204 g/mol. The van der Waals surface area contributed by atoms with Gasteiger partial charge in [-0.2, -0.15) is 0 Å². The summed E-state index contributed by atoms with van der Waals surface area (Å²) >= 11 is 5.66. The predicted molar refractivity (Wildman–Crippen MR) is 52.5 cm³/mol. The number of aromatic nitrogens is 2. The summed E-state index contributed by atoms with van der Waals surface area (Å²) in [5.74, 6) is -0.237. The third-order valence-corrected chi connectivity index (χ3v) is 1.74. The van der Waals surface area contributed by atoms with E-state index in [9.17, 15) is 4.79 Å². The van der Waals surface area contributed by atoms with E-state index < -0.39 is 5.97 Å². The maximum absolute atomic E-state index is 10.6. The van der Waals surface area contributed by atoms with Crippen molar-refractivity contribution in [3.8, 4) is 0 Å². The Morgan fingerprint density at radius 1 is 1.57 bits per heavy atom. The van der Waals surface area contributed by atoms with Gasteiger partial charge in [-0.25, -0.2) is 14.8 Å². The number of hydrogen-bond acceptors (Lipinski definition) is 3. The molecule has 0 aromatic carbocycles. The van der Waals surface area contributed by atoms with Gasteiger partial charge in [-0.05, 0) is 5.92 Å². The Kier molecular flexibility index (Phi) is 3.41. The summed E-state index contributed by atoms with van der Waals surface area (Å²) in [6.07, 6.45) is 0.626. The van der Waals surface area contributed by atoms with Gasteiger partial charge in [0.2, 0.25) is 0 Å². The zero-order valence-electron chi connectivity index (χ0n) is 7.99. The van der Waals surface area contributed by atoms with Crippen molar-refractivity contribution in [2.45, 2.75) is 20.3 Å². The van der Waals surface area contributed by atoms with Crippen molar-refractivity contribution in [1.82, 2.24) is 9.97 Å². The third kappa shape index (κ3) is 2.96. The van der Waals surface area contributed by atoms with Crippen LogP contribution in [-0.2, 0) is 6.42 Å². The lowest BCUT2D eigenvalue weighted by molar-refractivity contribution is 0.0690. The van der Waals surface area contributed by atoms with Crippen molar-refractivity contribution in [1.29, 1.82) is 0 Å². The molecule has 0 aliphatic carbocycles. The molecule has 1 aromatic heterocycles. The van der Waals surface area contributed by atoms with E-state index in [0.29, 0.717) is 18.2 Å². The largest absolute Gasteiger partial charge is 0.477 e. The number of carbonyl (C=O) groups is 1. The maximum atomic E-state index is 10.6. The molecule has 1 heterocycles. The van der Waals surface area contributed by atoms with Gasteiger partial charge < -0.3 is 5.11 Å². The lowest BCUT2D eigenvalue weighted by Gasteiger charge is -2.04. The summed E-state index contributed by atoms with van der Waals surface area (Å²) in [6.45, 7) is 4.01. The van der Waals surface area contributed by atoms with Crippen molar-refractivity contribution in [2.24, 2.45) is 5.92 Å². The number of carboxylic acids is 1. The van der Waals surface area contributed by atoms with Gasteiger partial charge in [0.25, 0.3) is 0 Å². The smallest absolute Gasteiger partial charge is 0.354 e. The first-order valence-corrected chi connectivity index (χ1v) is 4.63. The van der Waals surface area contributed by atoms with E-state index in [-0.39, 0.29) is 10.8 Å². The normalized spacial score (nSPS) is 10.6. The highest BCUT2D eigenvalue weighted by Gasteiger charge is 2.10. The van der Waals surface area contributed by atoms with Crippen LogP contribution in [0.1, 0.15) is 30.2 Å². The molecular formula is C9H11ClN2O2. The van der Waals surface area contributed by atoms with Crippen LogP contribution in [0.25, 0.3) is 0 Å². The second-order valence-electron chi connectivity index (χ2n) is 3.40. The number of carboxylic acid groups (broad SMARTS) is 1. The Hall–Kier alpha value is -1.16. The number of rotatable bonds is 3. The molecule has 1 aromatic rings. The van der Waals surface area contributed by atoms with Crippen molar-refractivity contribution < 1.29 is 9.90 Å². The molecule has 76 valence electrons. The second-order valence-corrected chi connectivity index (χ2v) is 3.78. The quantitative estimate of drug-likeness (QED) is 0.782. The number of hydrogen-bond donors (Lipinski definition) is 1. The van der Waals surface area contributed by atoms with Crippen molar-refractivity contribution in [2.75, 3.05) is 0 Å². The fourth-order valence-electron chi connectivity index (χ4n) is 1.03. The molecule has 0 saturated carbocycles. The Morgan fingerprint density at radius 2 is 2.21 bits per heavy atom. The van der Waals surface area contributed by atoms with E-state index in [1.165, 1.54) is 6.07 Å². The molecule has 0 aliphatic rings. The summed E-state index contributed by atoms with van der Waals surface area (Å²) in [7, 11) is 0. The van der Waals surface area contributed by atoms with Crippen LogP contribution in [0.5, 0.6) is 0 Å². The van der Waals surface area contributed by atoms with E-state index in [0.717, 1.165) is 0 Å². The predicted octanol–water partition coefficient (Wildman–Crippen LogP) is 2.03. The van der Waals surface area contributed by atoms with Crippen LogP contribution in [0.2, 0.25) is 5.15 Å². The fourth-order valence-corrected chi connectivity index (χ4v) is 1.23. The van der Waals surface area contributed by atoms with Crippen LogP contribution in [0.4, 0.5) is 0 Å². The molecule has 5 heteroatoms. The summed E-state index contributed by atoms with van der Waals surface area (Å²) in [5, 5.41) is 8.89. The Morgan fingerprint density at radius 3 is 2.71 bits per heavy atom. The lowest BCUT2D eigenvalue weighted by atomic mass is 10.1. The van der Waals surface area contributed by atoms with Crippen LogP contribution in [0.3, 0.4) is 0 Å². The Labute approximate surface area is 87.0 Å². The average Bonchev–Trinajstić information content (AvgIpc) is 2.01. The SMILES string of the molecule is CC(C)Cc1nc(Cl)cc(C(=O)O)n1. The fraction of sp³-hybridized carbons (Fsp3) is 0.444. The zero-order chi connectivity index (χ0) is 10.7. The molecule has 0 aliphatic heterocycles. The first kappa shape index (κ1) is 10.9. The highest BCUT2D eigenvalue weighted by molar-refractivity contribution is 6.29. The number of nitrogens with zero attached hydrogens (tertiary/aromatic N) is 2. The van der Waals surface area contributed by atoms with Gasteiger partial charge in [0.05, 0.1) is 0 Å². The summed E-state index contributed by atoms with van der Waals surface area (Å²) in [4.78, 5) is 18.5. The minimum atomic E-state index is -1.08. The second kappa shape index (κ2) is 4.37. The third-order valence-electron chi connectivity index (χ3n) is 1.55. The van der Waals surface area contributed by atoms with Gasteiger partial charge in [0.15, 0.2) is 5.69 Å². The minimum absolute atomic E-state index is 0.0550. The standard InChI is InChI=1S/C9H11ClN2O2/c1-5(2)3-8-11-6(9(13)14)4-7(10)12-8/h4-5H,3H2,1-2H3,(H,13,14).